The second kappa shape index (κ2) is 6.92. The molecule has 3 nitrogen and oxygen atoms in total. The van der Waals surface area contributed by atoms with Crippen LogP contribution in [0.15, 0.2) is 24.3 Å². The molecule has 0 fully saturated rings. The highest BCUT2D eigenvalue weighted by atomic mass is 35.5. The summed E-state index contributed by atoms with van der Waals surface area (Å²) in [4.78, 5) is 0. The summed E-state index contributed by atoms with van der Waals surface area (Å²) in [6.07, 6.45) is 0.465. The van der Waals surface area contributed by atoms with Crippen LogP contribution in [0.2, 0.25) is 0 Å². The minimum absolute atomic E-state index is 0.0704. The van der Waals surface area contributed by atoms with Gasteiger partial charge in [0.1, 0.15) is 0 Å². The van der Waals surface area contributed by atoms with Crippen molar-refractivity contribution in [2.75, 3.05) is 11.6 Å². The maximum Gasteiger partial charge on any atom is 0.212 e. The van der Waals surface area contributed by atoms with Crippen molar-refractivity contribution in [3.8, 4) is 0 Å². The van der Waals surface area contributed by atoms with Gasteiger partial charge in [-0.3, -0.25) is 0 Å². The predicted molar refractivity (Wildman–Crippen MR) is 85.8 cm³/mol. The topological polar surface area (TPSA) is 46.2 Å². The lowest BCUT2D eigenvalue weighted by Gasteiger charge is -2.20. The number of halogens is 1. The van der Waals surface area contributed by atoms with Gasteiger partial charge >= 0.3 is 0 Å². The molecule has 0 saturated carbocycles. The lowest BCUT2D eigenvalue weighted by molar-refractivity contribution is 0.564. The number of rotatable bonds is 6. The molecule has 1 N–H and O–H groups in total. The van der Waals surface area contributed by atoms with Crippen LogP contribution in [0.25, 0.3) is 0 Å². The highest BCUT2D eigenvalue weighted by Gasteiger charge is 2.17. The number of hydrogen-bond acceptors (Lipinski definition) is 2. The van der Waals surface area contributed by atoms with Gasteiger partial charge in [-0.05, 0) is 29.9 Å². The van der Waals surface area contributed by atoms with Crippen molar-refractivity contribution < 1.29 is 8.42 Å². The quantitative estimate of drug-likeness (QED) is 0.815. The Hall–Kier alpha value is -0.580. The standard InChI is InChI=1S/C15H24ClNO2S/c1-12(17-20(18,19)11-5-10-16)13-6-8-14(9-7-13)15(2,3)4/h6-9,12,17H,5,10-11H2,1-4H3. The van der Waals surface area contributed by atoms with Gasteiger partial charge in [0.2, 0.25) is 10.0 Å². The molecule has 0 aliphatic rings. The van der Waals surface area contributed by atoms with E-state index in [9.17, 15) is 8.42 Å². The molecule has 1 rings (SSSR count). The summed E-state index contributed by atoms with van der Waals surface area (Å²) < 4.78 is 26.3. The molecule has 5 heteroatoms. The summed E-state index contributed by atoms with van der Waals surface area (Å²) in [5.41, 5.74) is 2.30. The van der Waals surface area contributed by atoms with Crippen molar-refractivity contribution in [3.63, 3.8) is 0 Å². The Morgan fingerprint density at radius 1 is 1.20 bits per heavy atom. The van der Waals surface area contributed by atoms with E-state index in [0.717, 1.165) is 5.56 Å². The molecule has 1 aromatic rings. The molecule has 0 saturated heterocycles. The summed E-state index contributed by atoms with van der Waals surface area (Å²) in [6, 6.07) is 7.84. The first-order valence-corrected chi connectivity index (χ1v) is 9.01. The Kier molecular flexibility index (Phi) is 6.05. The van der Waals surface area contributed by atoms with E-state index in [4.69, 9.17) is 11.6 Å². The van der Waals surface area contributed by atoms with Crippen LogP contribution in [-0.2, 0) is 15.4 Å². The average Bonchev–Trinajstić information content (AvgIpc) is 2.35. The van der Waals surface area contributed by atoms with E-state index in [0.29, 0.717) is 12.3 Å². The first kappa shape index (κ1) is 17.5. The summed E-state index contributed by atoms with van der Waals surface area (Å²) in [5, 5.41) is 0. The van der Waals surface area contributed by atoms with Gasteiger partial charge in [0.05, 0.1) is 5.75 Å². The number of nitrogens with one attached hydrogen (secondary N) is 1. The van der Waals surface area contributed by atoms with Crippen LogP contribution in [0.3, 0.4) is 0 Å². The van der Waals surface area contributed by atoms with Crippen LogP contribution >= 0.6 is 11.6 Å². The zero-order valence-electron chi connectivity index (χ0n) is 12.6. The van der Waals surface area contributed by atoms with Crippen LogP contribution in [0.5, 0.6) is 0 Å². The summed E-state index contributed by atoms with van der Waals surface area (Å²) in [7, 11) is -3.26. The van der Waals surface area contributed by atoms with Gasteiger partial charge in [-0.1, -0.05) is 45.0 Å². The molecule has 0 aliphatic carbocycles. The summed E-state index contributed by atoms with van der Waals surface area (Å²) >= 11 is 5.53. The van der Waals surface area contributed by atoms with E-state index in [1.165, 1.54) is 5.56 Å². The first-order valence-electron chi connectivity index (χ1n) is 6.82. The van der Waals surface area contributed by atoms with Crippen LogP contribution in [-0.4, -0.2) is 20.1 Å². The molecule has 20 heavy (non-hydrogen) atoms. The van der Waals surface area contributed by atoms with Gasteiger partial charge in [-0.15, -0.1) is 11.6 Å². The summed E-state index contributed by atoms with van der Waals surface area (Å²) in [6.45, 7) is 8.31. The highest BCUT2D eigenvalue weighted by molar-refractivity contribution is 7.89. The van der Waals surface area contributed by atoms with Crippen LogP contribution < -0.4 is 4.72 Å². The Balaban J connectivity index is 2.76. The van der Waals surface area contributed by atoms with E-state index in [1.54, 1.807) is 0 Å². The zero-order valence-corrected chi connectivity index (χ0v) is 14.2. The van der Waals surface area contributed by atoms with Crippen molar-refractivity contribution in [1.29, 1.82) is 0 Å². The highest BCUT2D eigenvalue weighted by Crippen LogP contribution is 2.24. The molecule has 0 heterocycles. The molecule has 1 aromatic carbocycles. The molecule has 1 atom stereocenters. The predicted octanol–water partition coefficient (Wildman–Crippen LogP) is 3.59. The molecule has 0 aliphatic heterocycles. The lowest BCUT2D eigenvalue weighted by Crippen LogP contribution is -2.29. The van der Waals surface area contributed by atoms with Crippen LogP contribution in [0, 0.1) is 0 Å². The van der Waals surface area contributed by atoms with Crippen molar-refractivity contribution in [2.45, 2.75) is 45.6 Å². The molecule has 0 bridgehead atoms. The van der Waals surface area contributed by atoms with E-state index in [1.807, 2.05) is 19.1 Å². The van der Waals surface area contributed by atoms with Crippen molar-refractivity contribution in [2.24, 2.45) is 0 Å². The lowest BCUT2D eigenvalue weighted by atomic mass is 9.86. The maximum absolute atomic E-state index is 11.8. The van der Waals surface area contributed by atoms with E-state index >= 15 is 0 Å². The number of sulfonamides is 1. The van der Waals surface area contributed by atoms with E-state index in [2.05, 4.69) is 37.6 Å². The minimum Gasteiger partial charge on any atom is -0.212 e. The van der Waals surface area contributed by atoms with Gasteiger partial charge in [0, 0.05) is 11.9 Å². The van der Waals surface area contributed by atoms with E-state index < -0.39 is 10.0 Å². The average molecular weight is 318 g/mol. The first-order chi connectivity index (χ1) is 9.15. The van der Waals surface area contributed by atoms with Crippen LogP contribution in [0.1, 0.15) is 51.3 Å². The van der Waals surface area contributed by atoms with Gasteiger partial charge in [-0.2, -0.15) is 0 Å². The van der Waals surface area contributed by atoms with Gasteiger partial charge < -0.3 is 0 Å². The van der Waals surface area contributed by atoms with Gasteiger partial charge in [0.25, 0.3) is 0 Å². The Labute approximate surface area is 127 Å². The zero-order chi connectivity index (χ0) is 15.4. The Bertz CT molecular complexity index is 518. The monoisotopic (exact) mass is 317 g/mol. The molecule has 0 aromatic heterocycles. The molecule has 114 valence electrons. The Morgan fingerprint density at radius 3 is 2.20 bits per heavy atom. The molecular weight excluding hydrogens is 294 g/mol. The number of hydrogen-bond donors (Lipinski definition) is 1. The van der Waals surface area contributed by atoms with E-state index in [-0.39, 0.29) is 17.2 Å². The van der Waals surface area contributed by atoms with Gasteiger partial charge in [-0.25, -0.2) is 13.1 Å². The number of alkyl halides is 1. The largest absolute Gasteiger partial charge is 0.212 e. The second-order valence-electron chi connectivity index (χ2n) is 6.07. The van der Waals surface area contributed by atoms with Gasteiger partial charge in [0.15, 0.2) is 0 Å². The third kappa shape index (κ3) is 5.43. The third-order valence-electron chi connectivity index (χ3n) is 3.18. The van der Waals surface area contributed by atoms with Crippen molar-refractivity contribution in [3.05, 3.63) is 35.4 Å². The second-order valence-corrected chi connectivity index (χ2v) is 8.32. The molecular formula is C15H24ClNO2S. The normalized spacial score (nSPS) is 14.2. The molecule has 0 radical (unpaired) electrons. The molecule has 1 unspecified atom stereocenters. The minimum atomic E-state index is -3.26. The summed E-state index contributed by atoms with van der Waals surface area (Å²) in [5.74, 6) is 0.427. The molecule has 0 spiro atoms. The third-order valence-corrected chi connectivity index (χ3v) is 4.99. The smallest absolute Gasteiger partial charge is 0.212 e. The van der Waals surface area contributed by atoms with Crippen molar-refractivity contribution >= 4 is 21.6 Å². The Morgan fingerprint density at radius 2 is 1.75 bits per heavy atom. The van der Waals surface area contributed by atoms with Crippen LogP contribution in [0.4, 0.5) is 0 Å². The van der Waals surface area contributed by atoms with Crippen molar-refractivity contribution in [1.82, 2.24) is 4.72 Å². The number of benzene rings is 1. The fourth-order valence-corrected chi connectivity index (χ4v) is 3.52. The maximum atomic E-state index is 11.8. The SMILES string of the molecule is CC(NS(=O)(=O)CCCCl)c1ccc(C(C)(C)C)cc1. The fraction of sp³-hybridized carbons (Fsp3) is 0.600. The fourth-order valence-electron chi connectivity index (χ4n) is 1.91. The molecule has 0 amide bonds.